The van der Waals surface area contributed by atoms with E-state index >= 15 is 0 Å². The van der Waals surface area contributed by atoms with E-state index in [1.807, 2.05) is 65.6 Å². The highest BCUT2D eigenvalue weighted by Crippen LogP contribution is 2.28. The summed E-state index contributed by atoms with van der Waals surface area (Å²) < 4.78 is 35.1. The smallest absolute Gasteiger partial charge is 0.345 e. The van der Waals surface area contributed by atoms with E-state index < -0.39 is 54.1 Å². The second kappa shape index (κ2) is 24.3. The Labute approximate surface area is 323 Å². The van der Waals surface area contributed by atoms with E-state index in [1.54, 1.807) is 13.8 Å². The molecule has 13 nitrogen and oxygen atoms in total. The number of methoxy groups -OCH3 is 1. The van der Waals surface area contributed by atoms with Crippen LogP contribution in [0.5, 0.6) is 0 Å². The Morgan fingerprint density at radius 2 is 1.25 bits per heavy atom. The number of nitrogens with one attached hydrogen (secondary N) is 4. The number of morpholine rings is 1. The third kappa shape index (κ3) is 18.7. The van der Waals surface area contributed by atoms with Gasteiger partial charge in [0.15, 0.2) is 5.78 Å². The number of carbonyl (C=O) groups is 5. The number of carbonyl (C=O) groups excluding carboxylic acids is 5. The molecule has 2 aromatic rings. The quantitative estimate of drug-likeness (QED) is 0.177. The summed E-state index contributed by atoms with van der Waals surface area (Å²) in [5.74, 6) is -1.32. The van der Waals surface area contributed by atoms with Crippen molar-refractivity contribution in [2.24, 2.45) is 5.92 Å². The van der Waals surface area contributed by atoms with Gasteiger partial charge in [-0.15, -0.1) is 0 Å². The fourth-order valence-electron chi connectivity index (χ4n) is 5.25. The highest BCUT2D eigenvalue weighted by molar-refractivity contribution is 5.98. The van der Waals surface area contributed by atoms with Crippen LogP contribution in [-0.4, -0.2) is 117 Å². The Hall–Kier alpha value is -4.31. The van der Waals surface area contributed by atoms with E-state index in [1.165, 1.54) is 6.92 Å². The zero-order valence-corrected chi connectivity index (χ0v) is 33.1. The average molecular weight is 776 g/mol. The molecule has 0 spiro atoms. The number of halogens is 2. The Morgan fingerprint density at radius 1 is 0.764 bits per heavy atom. The van der Waals surface area contributed by atoms with Crippen molar-refractivity contribution in [1.29, 1.82) is 0 Å². The third-order valence-electron chi connectivity index (χ3n) is 8.38. The predicted molar refractivity (Wildman–Crippen MR) is 204 cm³/mol. The van der Waals surface area contributed by atoms with E-state index in [-0.39, 0.29) is 24.7 Å². The van der Waals surface area contributed by atoms with Gasteiger partial charge in [-0.05, 0) is 50.7 Å². The molecule has 0 radical (unpaired) electrons. The first-order valence-corrected chi connectivity index (χ1v) is 18.6. The van der Waals surface area contributed by atoms with Gasteiger partial charge in [-0.1, -0.05) is 81.4 Å². The molecule has 0 bridgehead atoms. The maximum absolute atomic E-state index is 13.5. The third-order valence-corrected chi connectivity index (χ3v) is 8.38. The van der Waals surface area contributed by atoms with Crippen molar-refractivity contribution in [1.82, 2.24) is 26.2 Å². The van der Waals surface area contributed by atoms with Crippen LogP contribution in [0.1, 0.15) is 59.1 Å². The number of alkyl halides is 2. The Bertz CT molecular complexity index is 1470. The van der Waals surface area contributed by atoms with Crippen molar-refractivity contribution < 1.29 is 47.0 Å². The molecule has 306 valence electrons. The van der Waals surface area contributed by atoms with Gasteiger partial charge >= 0.3 is 6.61 Å². The van der Waals surface area contributed by atoms with Gasteiger partial charge in [0.05, 0.1) is 32.4 Å². The van der Waals surface area contributed by atoms with Gasteiger partial charge in [0.1, 0.15) is 23.7 Å². The van der Waals surface area contributed by atoms with Gasteiger partial charge < -0.3 is 35.5 Å². The minimum absolute atomic E-state index is 0.136. The highest BCUT2D eigenvalue weighted by Gasteiger charge is 2.49. The molecule has 15 heteroatoms. The number of benzene rings is 2. The number of ketones is 1. The molecule has 2 aromatic carbocycles. The number of hydrogen-bond donors (Lipinski definition) is 4. The lowest BCUT2D eigenvalue weighted by molar-refractivity contribution is -0.134. The molecule has 5 atom stereocenters. The van der Waals surface area contributed by atoms with Crippen molar-refractivity contribution in [2.75, 3.05) is 46.6 Å². The van der Waals surface area contributed by atoms with E-state index in [0.29, 0.717) is 45.8 Å². The lowest BCUT2D eigenvalue weighted by Crippen LogP contribution is -2.58. The SMILES string of the molecule is CC(C)C.CC(NC(=O)[C@H](CCc1ccccc1)NC(=O)CN1CCOCC1)C(=O)N[C@@H](Cc1ccccc1)C(=O)NC(C)C(=O)C1(C)CO1.COC(F)F. The van der Waals surface area contributed by atoms with Crippen LogP contribution >= 0.6 is 0 Å². The zero-order valence-electron chi connectivity index (χ0n) is 33.1. The van der Waals surface area contributed by atoms with Crippen molar-refractivity contribution in [3.8, 4) is 0 Å². The summed E-state index contributed by atoms with van der Waals surface area (Å²) in [4.78, 5) is 67.7. The van der Waals surface area contributed by atoms with Crippen LogP contribution < -0.4 is 21.3 Å². The minimum Gasteiger partial charge on any atom is -0.379 e. The average Bonchev–Trinajstić information content (AvgIpc) is 3.91. The van der Waals surface area contributed by atoms with Crippen LogP contribution in [0.25, 0.3) is 0 Å². The molecule has 4 N–H and O–H groups in total. The van der Waals surface area contributed by atoms with Gasteiger partial charge in [0, 0.05) is 26.6 Å². The van der Waals surface area contributed by atoms with Crippen molar-refractivity contribution in [2.45, 2.75) is 97.2 Å². The largest absolute Gasteiger partial charge is 0.379 e. The lowest BCUT2D eigenvalue weighted by atomic mass is 10.0. The van der Waals surface area contributed by atoms with Crippen molar-refractivity contribution in [3.05, 3.63) is 71.8 Å². The van der Waals surface area contributed by atoms with Crippen LogP contribution in [0.3, 0.4) is 0 Å². The summed E-state index contributed by atoms with van der Waals surface area (Å²) in [5.41, 5.74) is 0.913. The molecule has 2 heterocycles. The first-order valence-electron chi connectivity index (χ1n) is 18.6. The molecule has 2 aliphatic heterocycles. The van der Waals surface area contributed by atoms with Crippen LogP contribution in [0.15, 0.2) is 60.7 Å². The molecule has 2 fully saturated rings. The molecule has 4 rings (SSSR count). The maximum atomic E-state index is 13.5. The lowest BCUT2D eigenvalue weighted by Gasteiger charge is -2.27. The number of hydrogen-bond acceptors (Lipinski definition) is 9. The maximum Gasteiger partial charge on any atom is 0.345 e. The second-order valence-corrected chi connectivity index (χ2v) is 14.4. The number of ether oxygens (including phenoxy) is 3. The topological polar surface area (TPSA) is 168 Å². The number of epoxide rings is 1. The molecule has 55 heavy (non-hydrogen) atoms. The summed E-state index contributed by atoms with van der Waals surface area (Å²) in [6, 6.07) is 15.1. The van der Waals surface area contributed by atoms with E-state index in [4.69, 9.17) is 9.47 Å². The highest BCUT2D eigenvalue weighted by atomic mass is 19.3. The van der Waals surface area contributed by atoms with Crippen LogP contribution in [0, 0.1) is 5.92 Å². The number of rotatable bonds is 17. The van der Waals surface area contributed by atoms with Crippen LogP contribution in [0.4, 0.5) is 8.78 Å². The molecule has 0 saturated carbocycles. The monoisotopic (exact) mass is 775 g/mol. The summed E-state index contributed by atoms with van der Waals surface area (Å²) in [6.45, 7) is 11.4. The van der Waals surface area contributed by atoms with Gasteiger partial charge in [-0.3, -0.25) is 28.9 Å². The Morgan fingerprint density at radius 3 is 1.76 bits per heavy atom. The van der Waals surface area contributed by atoms with E-state index in [2.05, 4.69) is 46.8 Å². The van der Waals surface area contributed by atoms with Crippen molar-refractivity contribution in [3.63, 3.8) is 0 Å². The fraction of sp³-hybridized carbons (Fsp3) is 0.575. The van der Waals surface area contributed by atoms with Gasteiger partial charge in [-0.25, -0.2) is 0 Å². The molecule has 3 unspecified atom stereocenters. The molecule has 0 aromatic heterocycles. The van der Waals surface area contributed by atoms with Crippen LogP contribution in [0.2, 0.25) is 0 Å². The van der Waals surface area contributed by atoms with Crippen LogP contribution in [-0.2, 0) is 51.0 Å². The van der Waals surface area contributed by atoms with E-state index in [0.717, 1.165) is 24.2 Å². The second-order valence-electron chi connectivity index (χ2n) is 14.4. The number of Topliss-reactive ketones (excluding diaryl/α,β-unsaturated/α-hetero) is 1. The minimum atomic E-state index is -2.62. The molecular formula is C40H59F2N5O8. The van der Waals surface area contributed by atoms with E-state index in [9.17, 15) is 32.8 Å². The summed E-state index contributed by atoms with van der Waals surface area (Å²) in [5, 5.41) is 11.0. The summed E-state index contributed by atoms with van der Waals surface area (Å²) in [7, 11) is 0.949. The van der Waals surface area contributed by atoms with Gasteiger partial charge in [0.25, 0.3) is 0 Å². The molecule has 4 amide bonds. The standard InChI is InChI=1S/C34H45N5O7.C4H10.C2H4F2O/c1-23(30(41)34(3)22-46-34)35-33(44)28(20-26-12-8-5-9-13-26)38-31(42)24(2)36-32(43)27(15-14-25-10-6-4-7-11-25)37-29(40)21-39-16-18-45-19-17-39;1-4(2)3;1-5-2(3)4/h4-13,23-24,27-28H,14-22H2,1-3H3,(H,35,44)(H,36,43)(H,37,40)(H,38,42);4H,1-3H3;2H,1H3/t23?,24?,27-,28-,34?;;/m0../s1. The first-order chi connectivity index (χ1) is 26.0. The summed E-state index contributed by atoms with van der Waals surface area (Å²) >= 11 is 0. The zero-order chi connectivity index (χ0) is 41.0. The Balaban J connectivity index is 0.00000104. The molecule has 2 saturated heterocycles. The molecule has 0 aliphatic carbocycles. The molecular weight excluding hydrogens is 716 g/mol. The first kappa shape index (κ1) is 46.8. The van der Waals surface area contributed by atoms with Gasteiger partial charge in [0.2, 0.25) is 23.6 Å². The fourth-order valence-corrected chi connectivity index (χ4v) is 5.25. The predicted octanol–water partition coefficient (Wildman–Crippen LogP) is 3.05. The summed E-state index contributed by atoms with van der Waals surface area (Å²) in [6.07, 6.45) is 1.04. The normalized spacial score (nSPS) is 18.5. The number of aryl methyl sites for hydroxylation is 1. The Kier molecular flexibility index (Phi) is 20.7. The number of amides is 4. The van der Waals surface area contributed by atoms with Crippen molar-refractivity contribution >= 4 is 29.4 Å². The molecule has 2 aliphatic rings. The van der Waals surface area contributed by atoms with Gasteiger partial charge in [-0.2, -0.15) is 8.78 Å². The number of nitrogens with zero attached hydrogens (tertiary/aromatic N) is 1.